The lowest BCUT2D eigenvalue weighted by atomic mass is 9.80. The second-order valence-corrected chi connectivity index (χ2v) is 10.5. The zero-order chi connectivity index (χ0) is 27.1. The Morgan fingerprint density at radius 1 is 1.33 bits per heavy atom. The van der Waals surface area contributed by atoms with Crippen LogP contribution in [0.25, 0.3) is 0 Å². The van der Waals surface area contributed by atoms with E-state index in [0.29, 0.717) is 23.9 Å². The fraction of sp³-hybridized carbons (Fsp3) is 0.440. The van der Waals surface area contributed by atoms with Gasteiger partial charge in [0.2, 0.25) is 0 Å². The van der Waals surface area contributed by atoms with E-state index < -0.39 is 23.1 Å². The van der Waals surface area contributed by atoms with Gasteiger partial charge in [0.1, 0.15) is 5.71 Å². The van der Waals surface area contributed by atoms with E-state index in [2.05, 4.69) is 15.5 Å². The van der Waals surface area contributed by atoms with E-state index in [1.54, 1.807) is 59.9 Å². The fourth-order valence-corrected chi connectivity index (χ4v) is 3.93. The van der Waals surface area contributed by atoms with E-state index in [1.807, 2.05) is 13.1 Å². The van der Waals surface area contributed by atoms with Crippen LogP contribution >= 0.6 is 22.6 Å². The average Bonchev–Trinajstić information content (AvgIpc) is 2.78. The monoisotopic (exact) mass is 615 g/mol. The van der Waals surface area contributed by atoms with Crippen molar-refractivity contribution in [3.05, 3.63) is 57.1 Å². The normalized spacial score (nSPS) is 25.4. The maximum atomic E-state index is 13.3. The Morgan fingerprint density at radius 2 is 1.97 bits per heavy atom. The topological polar surface area (TPSA) is 121 Å². The molecule has 1 saturated carbocycles. The second kappa shape index (κ2) is 12.5. The molecular formula is C25H32F2IN5O3. The summed E-state index contributed by atoms with van der Waals surface area (Å²) in [6.07, 6.45) is 13.3. The summed E-state index contributed by atoms with van der Waals surface area (Å²) in [4.78, 5) is 18.9. The first kappa shape index (κ1) is 29.6. The Morgan fingerprint density at radius 3 is 2.53 bits per heavy atom. The number of aliphatic hydroxyl groups is 1. The van der Waals surface area contributed by atoms with Crippen molar-refractivity contribution >= 4 is 46.1 Å². The Kier molecular flexibility index (Phi) is 10.3. The smallest absolute Gasteiger partial charge is 0.290 e. The molecule has 1 fully saturated rings. The summed E-state index contributed by atoms with van der Waals surface area (Å²) in [7, 11) is 3.57. The summed E-state index contributed by atoms with van der Waals surface area (Å²) in [6, 6.07) is 0. The van der Waals surface area contributed by atoms with Crippen molar-refractivity contribution in [2.75, 3.05) is 14.1 Å². The van der Waals surface area contributed by atoms with Crippen LogP contribution in [0.5, 0.6) is 0 Å². The largest absolute Gasteiger partial charge is 0.410 e. The molecule has 0 spiro atoms. The average molecular weight is 615 g/mol. The third-order valence-electron chi connectivity index (χ3n) is 5.79. The molecule has 0 aliphatic heterocycles. The number of carbonyl (C=O) groups excluding carboxylic acids is 1. The van der Waals surface area contributed by atoms with Crippen molar-refractivity contribution < 1.29 is 23.9 Å². The van der Waals surface area contributed by atoms with Gasteiger partial charge in [-0.25, -0.2) is 0 Å². The molecule has 196 valence electrons. The van der Waals surface area contributed by atoms with E-state index in [1.165, 1.54) is 12.2 Å². The summed E-state index contributed by atoms with van der Waals surface area (Å²) in [5, 5.41) is 32.5. The molecule has 0 aromatic heterocycles. The van der Waals surface area contributed by atoms with Gasteiger partial charge in [-0.2, -0.15) is 8.78 Å². The first-order valence-electron chi connectivity index (χ1n) is 11.3. The van der Waals surface area contributed by atoms with Crippen LogP contribution in [-0.2, 0) is 4.79 Å². The fourth-order valence-electron chi connectivity index (χ4n) is 3.59. The molecular weight excluding hydrogens is 583 g/mol. The highest BCUT2D eigenvalue weighted by molar-refractivity contribution is 14.1. The van der Waals surface area contributed by atoms with Crippen LogP contribution in [0, 0.1) is 11.3 Å². The van der Waals surface area contributed by atoms with Crippen LogP contribution in [0.3, 0.4) is 0 Å². The summed E-state index contributed by atoms with van der Waals surface area (Å²) in [5.41, 5.74) is 0.385. The zero-order valence-corrected chi connectivity index (χ0v) is 22.9. The number of aliphatic imine (C=N–C) groups is 1. The van der Waals surface area contributed by atoms with E-state index >= 15 is 0 Å². The Balaban J connectivity index is 2.17. The van der Waals surface area contributed by atoms with E-state index in [9.17, 15) is 18.7 Å². The maximum absolute atomic E-state index is 13.3. The van der Waals surface area contributed by atoms with Crippen LogP contribution in [0.1, 0.15) is 39.5 Å². The van der Waals surface area contributed by atoms with Gasteiger partial charge in [0, 0.05) is 39.0 Å². The number of likely N-dealkylation sites (N-methyl/N-ethyl adjacent to an activating group) is 1. The van der Waals surface area contributed by atoms with Gasteiger partial charge in [0.25, 0.3) is 11.8 Å². The predicted molar refractivity (Wildman–Crippen MR) is 146 cm³/mol. The van der Waals surface area contributed by atoms with Gasteiger partial charge in [0.15, 0.2) is 0 Å². The molecule has 0 atom stereocenters. The minimum atomic E-state index is -3.32. The lowest BCUT2D eigenvalue weighted by molar-refractivity contribution is -0.116. The van der Waals surface area contributed by atoms with Crippen LogP contribution in [0.2, 0.25) is 0 Å². The van der Waals surface area contributed by atoms with Crippen LogP contribution in [0.4, 0.5) is 8.78 Å². The Bertz CT molecular complexity index is 1070. The SMILES string of the molecule is CN(C)C1=CC(=N)/C(=C\N=C/C2CCC(C)(O)CC2)C=C1NC(=O)/C(I)=C/C=C\C(=N\O)C(C)(F)F. The van der Waals surface area contributed by atoms with Crippen molar-refractivity contribution in [2.45, 2.75) is 51.1 Å². The number of hydrogen-bond donors (Lipinski definition) is 4. The van der Waals surface area contributed by atoms with Gasteiger partial charge in [-0.05, 0) is 85.4 Å². The van der Waals surface area contributed by atoms with E-state index in [0.717, 1.165) is 31.8 Å². The highest BCUT2D eigenvalue weighted by atomic mass is 127. The first-order chi connectivity index (χ1) is 16.7. The van der Waals surface area contributed by atoms with E-state index in [4.69, 9.17) is 10.6 Å². The molecule has 0 bridgehead atoms. The van der Waals surface area contributed by atoms with Gasteiger partial charge in [-0.1, -0.05) is 11.2 Å². The molecule has 0 unspecified atom stereocenters. The number of oxime groups is 1. The third-order valence-corrected chi connectivity index (χ3v) is 6.64. The lowest BCUT2D eigenvalue weighted by Crippen LogP contribution is -2.30. The first-order valence-corrected chi connectivity index (χ1v) is 12.4. The standard InChI is InChI=1S/C25H32F2IN5O3/c1-24(35)10-8-16(9-11-24)14-30-15-17-12-20(21(33(3)4)13-19(17)29)31-23(34)18(28)6-5-7-22(32-36)25(2,26)27/h5-7,12-16,29,35-36H,8-11H2,1-4H3,(H,31,34)/b7-5-,17-15-,18-6-,29-19?,30-14-,32-22-. The van der Waals surface area contributed by atoms with Crippen LogP contribution in [0.15, 0.2) is 67.3 Å². The molecule has 2 aliphatic carbocycles. The quantitative estimate of drug-likeness (QED) is 0.0789. The summed E-state index contributed by atoms with van der Waals surface area (Å²) >= 11 is 1.78. The molecule has 4 N–H and O–H groups in total. The number of halogens is 3. The number of rotatable bonds is 8. The van der Waals surface area contributed by atoms with Crippen molar-refractivity contribution in [1.29, 1.82) is 5.41 Å². The molecule has 2 aliphatic rings. The Hall–Kier alpha value is -2.67. The predicted octanol–water partition coefficient (Wildman–Crippen LogP) is 4.72. The number of allylic oxidation sites excluding steroid dienone is 6. The molecule has 0 aromatic rings. The number of carbonyl (C=O) groups is 1. The molecule has 8 nitrogen and oxygen atoms in total. The minimum Gasteiger partial charge on any atom is -0.410 e. The third kappa shape index (κ3) is 8.77. The Labute approximate surface area is 223 Å². The molecule has 1 amide bonds. The van der Waals surface area contributed by atoms with Gasteiger partial charge >= 0.3 is 0 Å². The lowest BCUT2D eigenvalue weighted by Gasteiger charge is -2.31. The molecule has 0 heterocycles. The summed E-state index contributed by atoms with van der Waals surface area (Å²) in [6.45, 7) is 2.45. The second-order valence-electron chi connectivity index (χ2n) is 9.31. The minimum absolute atomic E-state index is 0.206. The highest BCUT2D eigenvalue weighted by Crippen LogP contribution is 2.30. The molecule has 36 heavy (non-hydrogen) atoms. The van der Waals surface area contributed by atoms with Gasteiger partial charge in [0.05, 0.1) is 26.3 Å². The summed E-state index contributed by atoms with van der Waals surface area (Å²) < 4.78 is 26.8. The van der Waals surface area contributed by atoms with Gasteiger partial charge in [-0.15, -0.1) is 0 Å². The molecule has 2 rings (SSSR count). The summed E-state index contributed by atoms with van der Waals surface area (Å²) in [5.74, 6) is -3.53. The number of amides is 1. The number of hydrogen-bond acceptors (Lipinski definition) is 7. The van der Waals surface area contributed by atoms with Crippen molar-refractivity contribution in [1.82, 2.24) is 10.2 Å². The zero-order valence-electron chi connectivity index (χ0n) is 20.7. The van der Waals surface area contributed by atoms with Crippen LogP contribution in [-0.4, -0.2) is 64.4 Å². The van der Waals surface area contributed by atoms with Crippen LogP contribution < -0.4 is 5.32 Å². The van der Waals surface area contributed by atoms with Gasteiger partial charge < -0.3 is 25.9 Å². The van der Waals surface area contributed by atoms with Crippen molar-refractivity contribution in [2.24, 2.45) is 16.1 Å². The maximum Gasteiger partial charge on any atom is 0.290 e. The van der Waals surface area contributed by atoms with Crippen molar-refractivity contribution in [3.8, 4) is 0 Å². The molecule has 0 saturated heterocycles. The number of alkyl halides is 2. The van der Waals surface area contributed by atoms with E-state index in [-0.39, 0.29) is 15.2 Å². The highest BCUT2D eigenvalue weighted by Gasteiger charge is 2.28. The molecule has 0 aromatic carbocycles. The molecule has 11 heteroatoms. The van der Waals surface area contributed by atoms with Crippen molar-refractivity contribution in [3.63, 3.8) is 0 Å². The molecule has 0 radical (unpaired) electrons. The number of nitrogens with one attached hydrogen (secondary N) is 2. The van der Waals surface area contributed by atoms with Gasteiger partial charge in [-0.3, -0.25) is 9.79 Å². The number of nitrogens with zero attached hydrogens (tertiary/aromatic N) is 3.